The second kappa shape index (κ2) is 14.9. The highest BCUT2D eigenvalue weighted by Crippen LogP contribution is 2.43. The molecule has 0 unspecified atom stereocenters. The second-order valence-corrected chi connectivity index (χ2v) is 13.9. The molecule has 0 spiro atoms. The first-order chi connectivity index (χ1) is 25.3. The van der Waals surface area contributed by atoms with Crippen molar-refractivity contribution < 1.29 is 29.7 Å². The number of carboxylic acid groups (broad SMARTS) is 2. The van der Waals surface area contributed by atoms with E-state index < -0.39 is 18.4 Å². The highest BCUT2D eigenvalue weighted by molar-refractivity contribution is 6.02. The van der Waals surface area contributed by atoms with Crippen LogP contribution in [0.1, 0.15) is 113 Å². The summed E-state index contributed by atoms with van der Waals surface area (Å²) in [5.74, 6) is -2.94. The molecule has 53 heavy (non-hydrogen) atoms. The van der Waals surface area contributed by atoms with Crippen LogP contribution in [0.3, 0.4) is 0 Å². The van der Waals surface area contributed by atoms with Crippen molar-refractivity contribution >= 4 is 57.1 Å². The maximum Gasteiger partial charge on any atom is 0.338 e. The van der Waals surface area contributed by atoms with E-state index in [1.807, 2.05) is 64.1 Å². The van der Waals surface area contributed by atoms with Crippen LogP contribution in [0.25, 0.3) is 39.3 Å². The maximum absolute atomic E-state index is 13.2. The quantitative estimate of drug-likeness (QED) is 0.0904. The Hall–Kier alpha value is -5.97. The van der Waals surface area contributed by atoms with Gasteiger partial charge in [-0.1, -0.05) is 38.6 Å². The molecule has 11 nitrogen and oxygen atoms in total. The average molecular weight is 716 g/mol. The molecule has 11 heteroatoms. The first-order valence-electron chi connectivity index (χ1n) is 17.9. The van der Waals surface area contributed by atoms with Crippen molar-refractivity contribution in [3.05, 3.63) is 105 Å². The zero-order chi connectivity index (χ0) is 38.1. The van der Waals surface area contributed by atoms with Gasteiger partial charge in [-0.15, -0.1) is 0 Å². The SMILES string of the molecule is C=Cc1c(C)c2cc3nc(c(CC(=O)O)c4[nH]c(cc5nc(cc1[nH]2)C(C)=C5CC)c(C)c4C(=O)O)[C@@H](CCC(=O)NCCc1ccc(O)cc1)[C@@H]3C. The predicted molar refractivity (Wildman–Crippen MR) is 207 cm³/mol. The fraction of sp³-hybridized carbons (Fsp3) is 0.310. The molecule has 2 aliphatic heterocycles. The minimum Gasteiger partial charge on any atom is -0.508 e. The standard InChI is InChI=1S/C42H45N5O6/c1-7-27-21(3)31-18-33-23(5)29(13-14-37(49)43-16-15-25-9-11-26(48)12-10-25)40(46-33)30(17-38(50)51)41-39(42(52)53)24(6)34(47-41)20-36-28(8-2)22(4)32(45-36)19-35(27)44-31/h7,9-12,18-20,23,29,44,47-48H,1,8,13-17H2,2-6H3,(H,43,49)(H,50,51)(H,52,53)/t23-,29-/m0/s1. The number of nitrogens with zero attached hydrogens (tertiary/aromatic N) is 2. The largest absolute Gasteiger partial charge is 0.508 e. The molecule has 4 aromatic rings. The Labute approximate surface area is 307 Å². The summed E-state index contributed by atoms with van der Waals surface area (Å²) in [7, 11) is 0. The Kier molecular flexibility index (Phi) is 10.4. The Morgan fingerprint density at radius 2 is 1.64 bits per heavy atom. The van der Waals surface area contributed by atoms with Gasteiger partial charge in [0.2, 0.25) is 5.91 Å². The Bertz CT molecular complexity index is 2350. The lowest BCUT2D eigenvalue weighted by Gasteiger charge is -2.18. The predicted octanol–water partition coefficient (Wildman–Crippen LogP) is 7.97. The van der Waals surface area contributed by atoms with Gasteiger partial charge in [-0.2, -0.15) is 0 Å². The lowest BCUT2D eigenvalue weighted by molar-refractivity contribution is -0.136. The first-order valence-corrected chi connectivity index (χ1v) is 17.9. The van der Waals surface area contributed by atoms with E-state index in [1.165, 1.54) is 0 Å². The molecule has 0 aliphatic carbocycles. The lowest BCUT2D eigenvalue weighted by Crippen LogP contribution is -2.26. The number of aliphatic carboxylic acids is 1. The van der Waals surface area contributed by atoms with E-state index in [0.29, 0.717) is 54.0 Å². The van der Waals surface area contributed by atoms with Gasteiger partial charge >= 0.3 is 11.9 Å². The number of rotatable bonds is 11. The summed E-state index contributed by atoms with van der Waals surface area (Å²) in [5.41, 5.74) is 10.6. The molecule has 8 bridgehead atoms. The van der Waals surface area contributed by atoms with E-state index in [9.17, 15) is 29.7 Å². The van der Waals surface area contributed by atoms with Gasteiger partial charge in [-0.05, 0) is 98.2 Å². The number of hydrogen-bond acceptors (Lipinski definition) is 6. The number of carboxylic acids is 2. The number of phenolic OH excluding ortho intramolecular Hbond substituents is 1. The minimum atomic E-state index is -1.19. The van der Waals surface area contributed by atoms with Crippen LogP contribution < -0.4 is 5.32 Å². The van der Waals surface area contributed by atoms with Gasteiger partial charge in [0, 0.05) is 58.2 Å². The van der Waals surface area contributed by atoms with Crippen LogP contribution in [0.2, 0.25) is 0 Å². The van der Waals surface area contributed by atoms with Crippen LogP contribution in [-0.4, -0.2) is 59.6 Å². The number of carbonyl (C=O) groups is 3. The first kappa shape index (κ1) is 36.8. The van der Waals surface area contributed by atoms with Gasteiger partial charge in [-0.25, -0.2) is 9.78 Å². The third-order valence-electron chi connectivity index (χ3n) is 10.6. The number of aromatic hydroxyl groups is 1. The van der Waals surface area contributed by atoms with Gasteiger partial charge < -0.3 is 30.6 Å². The van der Waals surface area contributed by atoms with Crippen LogP contribution in [0, 0.1) is 13.8 Å². The number of amides is 1. The van der Waals surface area contributed by atoms with E-state index in [2.05, 4.69) is 21.9 Å². The molecular weight excluding hydrogens is 670 g/mol. The summed E-state index contributed by atoms with van der Waals surface area (Å²) in [5, 5.41) is 33.3. The van der Waals surface area contributed by atoms with Crippen LogP contribution in [0.4, 0.5) is 0 Å². The molecule has 6 rings (SSSR count). The molecule has 1 aromatic carbocycles. The highest BCUT2D eigenvalue weighted by Gasteiger charge is 2.33. The number of benzene rings is 1. The van der Waals surface area contributed by atoms with Crippen molar-refractivity contribution in [2.45, 2.75) is 78.6 Å². The number of aryl methyl sites for hydroxylation is 2. The number of hydrogen-bond donors (Lipinski definition) is 6. The molecule has 274 valence electrons. The normalized spacial score (nSPS) is 15.4. The van der Waals surface area contributed by atoms with Crippen LogP contribution in [0.15, 0.2) is 49.0 Å². The summed E-state index contributed by atoms with van der Waals surface area (Å²) in [4.78, 5) is 55.5. The molecule has 2 atom stereocenters. The molecule has 0 saturated heterocycles. The molecular formula is C42H45N5O6. The summed E-state index contributed by atoms with van der Waals surface area (Å²) in [6.45, 7) is 14.3. The Morgan fingerprint density at radius 3 is 2.30 bits per heavy atom. The second-order valence-electron chi connectivity index (χ2n) is 13.9. The van der Waals surface area contributed by atoms with Crippen molar-refractivity contribution in [3.8, 4) is 5.75 Å². The van der Waals surface area contributed by atoms with Crippen LogP contribution >= 0.6 is 0 Å². The zero-order valence-electron chi connectivity index (χ0n) is 30.7. The number of aromatic carboxylic acids is 1. The number of H-pyrrole nitrogens is 2. The van der Waals surface area contributed by atoms with E-state index in [0.717, 1.165) is 44.6 Å². The molecule has 0 fully saturated rings. The Balaban J connectivity index is 1.56. The summed E-state index contributed by atoms with van der Waals surface area (Å²) in [6.07, 6.45) is 3.12. The molecule has 3 aromatic heterocycles. The lowest BCUT2D eigenvalue weighted by atomic mass is 9.85. The van der Waals surface area contributed by atoms with Crippen molar-refractivity contribution in [1.82, 2.24) is 25.3 Å². The van der Waals surface area contributed by atoms with Crippen molar-refractivity contribution in [2.75, 3.05) is 6.54 Å². The zero-order valence-corrected chi connectivity index (χ0v) is 30.7. The minimum absolute atomic E-state index is 0.0245. The Morgan fingerprint density at radius 1 is 0.943 bits per heavy atom. The van der Waals surface area contributed by atoms with Gasteiger partial charge in [0.05, 0.1) is 34.6 Å². The van der Waals surface area contributed by atoms with Crippen molar-refractivity contribution in [1.29, 1.82) is 0 Å². The summed E-state index contributed by atoms with van der Waals surface area (Å²) >= 11 is 0. The topological polar surface area (TPSA) is 181 Å². The molecule has 5 heterocycles. The third kappa shape index (κ3) is 7.24. The molecule has 2 aliphatic rings. The van der Waals surface area contributed by atoms with E-state index in [1.54, 1.807) is 19.1 Å². The van der Waals surface area contributed by atoms with Crippen molar-refractivity contribution in [3.63, 3.8) is 0 Å². The summed E-state index contributed by atoms with van der Waals surface area (Å²) < 4.78 is 0. The molecule has 6 N–H and O–H groups in total. The number of allylic oxidation sites excluding steroid dienone is 2. The van der Waals surface area contributed by atoms with Gasteiger partial charge in [0.1, 0.15) is 5.75 Å². The number of carbonyl (C=O) groups excluding carboxylic acids is 1. The average Bonchev–Trinajstić information content (AvgIpc) is 3.80. The fourth-order valence-electron chi connectivity index (χ4n) is 7.63. The fourth-order valence-corrected chi connectivity index (χ4v) is 7.63. The van der Waals surface area contributed by atoms with E-state index in [-0.39, 0.29) is 46.6 Å². The molecule has 0 saturated carbocycles. The van der Waals surface area contributed by atoms with E-state index in [4.69, 9.17) is 9.97 Å². The van der Waals surface area contributed by atoms with Gasteiger partial charge in [-0.3, -0.25) is 14.6 Å². The van der Waals surface area contributed by atoms with Crippen molar-refractivity contribution in [2.24, 2.45) is 0 Å². The highest BCUT2D eigenvalue weighted by atomic mass is 16.4. The monoisotopic (exact) mass is 715 g/mol. The summed E-state index contributed by atoms with van der Waals surface area (Å²) in [6, 6.07) is 12.6. The number of nitrogens with one attached hydrogen (secondary N) is 3. The molecule has 0 radical (unpaired) electrons. The van der Waals surface area contributed by atoms with Crippen LogP contribution in [0.5, 0.6) is 5.75 Å². The van der Waals surface area contributed by atoms with Gasteiger partial charge in [0.25, 0.3) is 0 Å². The number of phenols is 1. The maximum atomic E-state index is 13.2. The number of fused-ring (bicyclic) bond motifs is 8. The number of aromatic amines is 2. The van der Waals surface area contributed by atoms with Crippen LogP contribution in [-0.2, 0) is 22.4 Å². The third-order valence-corrected chi connectivity index (χ3v) is 10.6. The molecule has 1 amide bonds. The van der Waals surface area contributed by atoms with E-state index >= 15 is 0 Å². The number of aromatic nitrogens is 4. The smallest absolute Gasteiger partial charge is 0.338 e. The van der Waals surface area contributed by atoms with Gasteiger partial charge in [0.15, 0.2) is 0 Å².